The Bertz CT molecular complexity index is 1950. The molecule has 12 nitrogen and oxygen atoms in total. The van der Waals surface area contributed by atoms with Gasteiger partial charge in [-0.05, 0) is 193 Å². The number of amides is 2. The van der Waals surface area contributed by atoms with Crippen molar-refractivity contribution in [3.05, 3.63) is 46.8 Å². The van der Waals surface area contributed by atoms with Gasteiger partial charge in [-0.15, -0.1) is 0 Å². The molecule has 12 rings (SSSR count). The predicted molar refractivity (Wildman–Crippen MR) is 243 cm³/mol. The van der Waals surface area contributed by atoms with Gasteiger partial charge >= 0.3 is 11.9 Å². The van der Waals surface area contributed by atoms with Gasteiger partial charge in [-0.3, -0.25) is 19.2 Å². The summed E-state index contributed by atoms with van der Waals surface area (Å²) < 4.78 is 0. The van der Waals surface area contributed by atoms with Crippen LogP contribution in [0.2, 0.25) is 0 Å². The van der Waals surface area contributed by atoms with Gasteiger partial charge in [0.2, 0.25) is 0 Å². The minimum Gasteiger partial charge on any atom is -0.481 e. The second-order valence-electron chi connectivity index (χ2n) is 21.5. The maximum Gasteiger partial charge on any atom is 0.303 e. The number of hydrogen-bond donors (Lipinski definition) is 4. The summed E-state index contributed by atoms with van der Waals surface area (Å²) in [6.45, 7) is 7.31. The van der Waals surface area contributed by atoms with Crippen molar-refractivity contribution in [2.75, 3.05) is 36.0 Å². The molecule has 2 atom stereocenters. The van der Waals surface area contributed by atoms with Gasteiger partial charge in [0.15, 0.2) is 0 Å². The minimum atomic E-state index is -0.734. The molecule has 8 saturated carbocycles. The number of carboxylic acid groups (broad SMARTS) is 2. The van der Waals surface area contributed by atoms with Gasteiger partial charge in [0.25, 0.3) is 11.8 Å². The number of piperidine rings is 2. The quantitative estimate of drug-likeness (QED) is 0.154. The van der Waals surface area contributed by atoms with Gasteiger partial charge in [-0.1, -0.05) is 13.3 Å². The van der Waals surface area contributed by atoms with Crippen LogP contribution in [0.1, 0.15) is 155 Å². The number of aromatic nitrogens is 2. The zero-order chi connectivity index (χ0) is 43.8. The highest BCUT2D eigenvalue weighted by molar-refractivity contribution is 5.96. The first-order valence-electron chi connectivity index (χ1n) is 25.0. The molecular formula is C51H72N6O6. The molecule has 8 bridgehead atoms. The van der Waals surface area contributed by atoms with Crippen LogP contribution >= 0.6 is 0 Å². The number of aryl methyl sites for hydroxylation is 2. The molecule has 2 aromatic heterocycles. The molecule has 0 radical (unpaired) electrons. The molecule has 0 aromatic carbocycles. The minimum absolute atomic E-state index is 0.0198. The van der Waals surface area contributed by atoms with Gasteiger partial charge in [-0.25, -0.2) is 9.97 Å². The second kappa shape index (κ2) is 19.1. The lowest BCUT2D eigenvalue weighted by atomic mass is 9.54. The number of anilines is 2. The van der Waals surface area contributed by atoms with Crippen LogP contribution in [0.25, 0.3) is 0 Å². The summed E-state index contributed by atoms with van der Waals surface area (Å²) in [5.41, 5.74) is 3.07. The Morgan fingerprint density at radius 3 is 1.48 bits per heavy atom. The summed E-state index contributed by atoms with van der Waals surface area (Å²) in [7, 11) is 0. The number of unbranched alkanes of at least 4 members (excludes halogenated alkanes) is 1. The number of carbonyl (C=O) groups is 4. The Labute approximate surface area is 374 Å². The monoisotopic (exact) mass is 865 g/mol. The van der Waals surface area contributed by atoms with E-state index >= 15 is 0 Å². The summed E-state index contributed by atoms with van der Waals surface area (Å²) in [5, 5.41) is 25.1. The molecule has 10 aliphatic rings. The summed E-state index contributed by atoms with van der Waals surface area (Å²) in [4.78, 5) is 62.9. The fourth-order valence-corrected chi connectivity index (χ4v) is 14.5. The number of carboxylic acids is 2. The van der Waals surface area contributed by atoms with E-state index in [0.717, 1.165) is 123 Å². The highest BCUT2D eigenvalue weighted by Crippen LogP contribution is 2.55. The molecule has 2 aliphatic heterocycles. The van der Waals surface area contributed by atoms with Crippen LogP contribution in [-0.2, 0) is 16.0 Å². The summed E-state index contributed by atoms with van der Waals surface area (Å²) in [5.74, 6) is 6.94. The van der Waals surface area contributed by atoms with Crippen LogP contribution in [0.4, 0.5) is 11.6 Å². The second-order valence-corrected chi connectivity index (χ2v) is 21.5. The predicted octanol–water partition coefficient (Wildman–Crippen LogP) is 8.31. The van der Waals surface area contributed by atoms with E-state index in [-0.39, 0.29) is 36.5 Å². The lowest BCUT2D eigenvalue weighted by molar-refractivity contribution is -0.139. The zero-order valence-electron chi connectivity index (χ0n) is 37.8. The molecule has 4 N–H and O–H groups in total. The normalized spacial score (nSPS) is 33.7. The standard InChI is InChI=1S/C27H39N3O3.C24H33N3O3/c1-2-3-6-23-22(7-8-24(28-23)30-9-4-5-17(16-30)15-25(31)32)27(33)29-26-20-11-18-10-19(13-20)14-21(26)12-18;1-14-20(4-5-21(25-14)27-6-2-3-15(13-27)12-22(28)29)24(30)26-23-18-8-16-7-17(10-18)11-19(23)9-16/h7-8,17-21,26H,2-6,9-16H2,1H3,(H,29,33)(H,31,32);4-5,15-19,23H,2-3,6-13H2,1H3,(H,26,30)(H,28,29)/t17-,18?,19?,20?,21?,26?;15-,16?,17?,18?,19?,23?/m00/s1. The molecule has 10 fully saturated rings. The number of pyridine rings is 2. The number of nitrogens with one attached hydrogen (secondary N) is 2. The number of rotatable bonds is 13. The van der Waals surface area contributed by atoms with Crippen molar-refractivity contribution in [3.63, 3.8) is 0 Å². The van der Waals surface area contributed by atoms with Crippen LogP contribution in [-0.4, -0.2) is 82.2 Å². The Morgan fingerprint density at radius 2 is 1.05 bits per heavy atom. The van der Waals surface area contributed by atoms with Crippen LogP contribution < -0.4 is 20.4 Å². The maximum absolute atomic E-state index is 13.5. The van der Waals surface area contributed by atoms with E-state index in [1.165, 1.54) is 64.2 Å². The van der Waals surface area contributed by atoms with E-state index in [2.05, 4.69) is 27.4 Å². The first-order valence-corrected chi connectivity index (χ1v) is 25.0. The van der Waals surface area contributed by atoms with Gasteiger partial charge in [0.1, 0.15) is 11.6 Å². The molecule has 2 saturated heterocycles. The van der Waals surface area contributed by atoms with Gasteiger partial charge < -0.3 is 30.6 Å². The summed E-state index contributed by atoms with van der Waals surface area (Å²) in [6, 6.07) is 8.46. The SMILES string of the molecule is CCCCc1nc(N2CCC[C@@H](CC(=O)O)C2)ccc1C(=O)NC1C2CC3CC(C2)CC1C3.Cc1nc(N2CCC[C@@H](CC(=O)O)C2)ccc1C(=O)NC1C2CC3CC(C2)CC1C3. The molecular weight excluding hydrogens is 793 g/mol. The van der Waals surface area contributed by atoms with E-state index in [9.17, 15) is 24.3 Å². The highest BCUT2D eigenvalue weighted by Gasteiger charge is 2.50. The fourth-order valence-electron chi connectivity index (χ4n) is 14.5. The lowest BCUT2D eigenvalue weighted by Crippen LogP contribution is -2.55. The van der Waals surface area contributed by atoms with E-state index in [1.807, 2.05) is 31.2 Å². The number of carbonyl (C=O) groups excluding carboxylic acids is 2. The average Bonchev–Trinajstić information content (AvgIpc) is 3.24. The molecule has 2 aromatic rings. The van der Waals surface area contributed by atoms with Crippen LogP contribution in [0, 0.1) is 66.1 Å². The average molecular weight is 865 g/mol. The Balaban J connectivity index is 0.000000161. The van der Waals surface area contributed by atoms with Crippen molar-refractivity contribution in [2.24, 2.45) is 59.2 Å². The lowest BCUT2D eigenvalue weighted by Gasteiger charge is -2.54. The van der Waals surface area contributed by atoms with E-state index in [0.29, 0.717) is 41.3 Å². The van der Waals surface area contributed by atoms with Gasteiger partial charge in [0.05, 0.1) is 22.5 Å². The first-order chi connectivity index (χ1) is 30.5. The Kier molecular flexibility index (Phi) is 13.3. The molecule has 4 heterocycles. The fraction of sp³-hybridized carbons (Fsp3) is 0.725. The van der Waals surface area contributed by atoms with E-state index in [4.69, 9.17) is 15.1 Å². The first kappa shape index (κ1) is 44.0. The number of hydrogen-bond acceptors (Lipinski definition) is 8. The summed E-state index contributed by atoms with van der Waals surface area (Å²) in [6.07, 6.45) is 20.4. The molecule has 12 heteroatoms. The molecule has 2 amide bonds. The van der Waals surface area contributed by atoms with Crippen molar-refractivity contribution in [2.45, 2.75) is 148 Å². The molecule has 63 heavy (non-hydrogen) atoms. The van der Waals surface area contributed by atoms with Crippen molar-refractivity contribution in [1.29, 1.82) is 0 Å². The van der Waals surface area contributed by atoms with Crippen molar-refractivity contribution in [3.8, 4) is 0 Å². The van der Waals surface area contributed by atoms with Crippen molar-refractivity contribution < 1.29 is 29.4 Å². The zero-order valence-corrected chi connectivity index (χ0v) is 37.8. The molecule has 8 aliphatic carbocycles. The highest BCUT2D eigenvalue weighted by atomic mass is 16.4. The van der Waals surface area contributed by atoms with Gasteiger partial charge in [0, 0.05) is 51.1 Å². The maximum atomic E-state index is 13.5. The smallest absolute Gasteiger partial charge is 0.303 e. The van der Waals surface area contributed by atoms with Crippen molar-refractivity contribution >= 4 is 35.4 Å². The van der Waals surface area contributed by atoms with E-state index in [1.54, 1.807) is 0 Å². The third-order valence-corrected chi connectivity index (χ3v) is 16.9. The van der Waals surface area contributed by atoms with E-state index < -0.39 is 11.9 Å². The summed E-state index contributed by atoms with van der Waals surface area (Å²) >= 11 is 0. The third kappa shape index (κ3) is 10.0. The largest absolute Gasteiger partial charge is 0.481 e. The van der Waals surface area contributed by atoms with Crippen LogP contribution in [0.15, 0.2) is 24.3 Å². The Hall–Kier alpha value is -4.22. The van der Waals surface area contributed by atoms with Gasteiger partial charge in [-0.2, -0.15) is 0 Å². The van der Waals surface area contributed by atoms with Crippen LogP contribution in [0.5, 0.6) is 0 Å². The molecule has 0 unspecified atom stereocenters. The number of aliphatic carboxylic acids is 2. The molecule has 0 spiro atoms. The number of nitrogens with zero attached hydrogens (tertiary/aromatic N) is 4. The topological polar surface area (TPSA) is 165 Å². The Morgan fingerprint density at radius 1 is 0.619 bits per heavy atom. The molecule has 342 valence electrons. The van der Waals surface area contributed by atoms with Crippen LogP contribution in [0.3, 0.4) is 0 Å². The third-order valence-electron chi connectivity index (χ3n) is 16.9. The van der Waals surface area contributed by atoms with Crippen molar-refractivity contribution in [1.82, 2.24) is 20.6 Å².